The Morgan fingerprint density at radius 1 is 1.28 bits per heavy atom. The summed E-state index contributed by atoms with van der Waals surface area (Å²) in [6.07, 6.45) is -1.46. The lowest BCUT2D eigenvalue weighted by molar-refractivity contribution is -0.247. The van der Waals surface area contributed by atoms with Crippen LogP contribution >= 0.6 is 0 Å². The minimum absolute atomic E-state index is 0.0141. The summed E-state index contributed by atoms with van der Waals surface area (Å²) >= 11 is 0. The van der Waals surface area contributed by atoms with Gasteiger partial charge in [0.15, 0.2) is 12.0 Å². The molecule has 0 saturated carbocycles. The van der Waals surface area contributed by atoms with Crippen molar-refractivity contribution in [1.29, 1.82) is 0 Å². The number of para-hydroxylation sites is 2. The fourth-order valence-corrected chi connectivity index (χ4v) is 2.58. The number of benzene rings is 1. The summed E-state index contributed by atoms with van der Waals surface area (Å²) in [6.45, 7) is 1.77. The van der Waals surface area contributed by atoms with Crippen molar-refractivity contribution in [2.24, 2.45) is 0 Å². The molecule has 1 saturated heterocycles. The molecule has 8 heteroatoms. The molecule has 2 heterocycles. The van der Waals surface area contributed by atoms with E-state index < -0.39 is 30.6 Å². The van der Waals surface area contributed by atoms with Crippen LogP contribution in [0.2, 0.25) is 0 Å². The number of aliphatic hydroxyl groups excluding tert-OH is 2. The molecule has 3 rings (SSSR count). The Labute approximate surface area is 144 Å². The number of rotatable bonds is 5. The zero-order chi connectivity index (χ0) is 17.8. The van der Waals surface area contributed by atoms with Gasteiger partial charge in [0.05, 0.1) is 36.0 Å². The van der Waals surface area contributed by atoms with E-state index in [1.54, 1.807) is 13.0 Å². The zero-order valence-corrected chi connectivity index (χ0v) is 13.7. The Bertz CT molecular complexity index is 728. The first-order valence-electron chi connectivity index (χ1n) is 8.06. The van der Waals surface area contributed by atoms with Gasteiger partial charge >= 0.3 is 5.97 Å². The summed E-state index contributed by atoms with van der Waals surface area (Å²) in [6, 6.07) is 7.23. The zero-order valence-electron chi connectivity index (χ0n) is 13.7. The van der Waals surface area contributed by atoms with Gasteiger partial charge in [-0.1, -0.05) is 12.1 Å². The van der Waals surface area contributed by atoms with Crippen molar-refractivity contribution in [3.63, 3.8) is 0 Å². The van der Waals surface area contributed by atoms with E-state index in [9.17, 15) is 15.0 Å². The summed E-state index contributed by atoms with van der Waals surface area (Å²) in [5, 5.41) is 19.3. The summed E-state index contributed by atoms with van der Waals surface area (Å²) in [5.74, 6) is -0.588. The van der Waals surface area contributed by atoms with Gasteiger partial charge in [0, 0.05) is 6.42 Å². The number of aromatic nitrogens is 2. The molecular formula is C17H20N2O6. The lowest BCUT2D eigenvalue weighted by atomic mass is 10.0. The normalized spacial score (nSPS) is 26.5. The molecule has 1 aliphatic heterocycles. The van der Waals surface area contributed by atoms with Gasteiger partial charge in [-0.25, -0.2) is 9.78 Å². The Balaban J connectivity index is 1.46. The topological polar surface area (TPSA) is 111 Å². The van der Waals surface area contributed by atoms with Crippen LogP contribution in [0.25, 0.3) is 11.0 Å². The number of carbonyl (C=O) groups excluding carboxylic acids is 1. The molecule has 1 aliphatic rings. The Morgan fingerprint density at radius 3 is 2.80 bits per heavy atom. The number of esters is 1. The van der Waals surface area contributed by atoms with E-state index in [1.807, 2.05) is 18.2 Å². The predicted octanol–water partition coefficient (Wildman–Crippen LogP) is 0.660. The highest BCUT2D eigenvalue weighted by Crippen LogP contribution is 2.20. The van der Waals surface area contributed by atoms with Gasteiger partial charge in [-0.15, -0.1) is 0 Å². The van der Waals surface area contributed by atoms with Crippen molar-refractivity contribution < 1.29 is 29.2 Å². The van der Waals surface area contributed by atoms with Crippen LogP contribution < -0.4 is 0 Å². The van der Waals surface area contributed by atoms with Gasteiger partial charge in [0.2, 0.25) is 0 Å². The highest BCUT2D eigenvalue weighted by Gasteiger charge is 2.34. The molecule has 4 atom stereocenters. The third-order valence-corrected chi connectivity index (χ3v) is 3.95. The average molecular weight is 348 g/mol. The van der Waals surface area contributed by atoms with E-state index in [0.717, 1.165) is 0 Å². The highest BCUT2D eigenvalue weighted by molar-refractivity contribution is 5.89. The van der Waals surface area contributed by atoms with Crippen molar-refractivity contribution in [2.45, 2.75) is 37.9 Å². The van der Waals surface area contributed by atoms with E-state index in [-0.39, 0.29) is 25.3 Å². The smallest absolute Gasteiger partial charge is 0.358 e. The standard InChI is InChI=1S/C17H20N2O6/c1-10-16(21)14(20)8-15(25-10)23-6-7-24-17(22)13-9-18-11-4-2-3-5-12(11)19-13/h2-5,9-10,14-16,20-21H,6-8H2,1H3/t10-,14-,15-,16-/m1/s1. The Hall–Kier alpha value is -2.13. The van der Waals surface area contributed by atoms with Crippen LogP contribution in [0.4, 0.5) is 0 Å². The predicted molar refractivity (Wildman–Crippen MR) is 86.7 cm³/mol. The largest absolute Gasteiger partial charge is 0.458 e. The van der Waals surface area contributed by atoms with E-state index >= 15 is 0 Å². The summed E-state index contributed by atoms with van der Waals surface area (Å²) in [7, 11) is 0. The Kier molecular flexibility index (Phi) is 5.54. The first-order chi connectivity index (χ1) is 12.0. The van der Waals surface area contributed by atoms with Gasteiger partial charge in [-0.05, 0) is 19.1 Å². The highest BCUT2D eigenvalue weighted by atomic mass is 16.7. The number of fused-ring (bicyclic) bond motifs is 1. The quantitative estimate of drug-likeness (QED) is 0.599. The summed E-state index contributed by atoms with van der Waals surface area (Å²) in [5.41, 5.74) is 1.44. The van der Waals surface area contributed by atoms with Crippen molar-refractivity contribution in [1.82, 2.24) is 9.97 Å². The van der Waals surface area contributed by atoms with Crippen LogP contribution in [0, 0.1) is 0 Å². The first kappa shape index (κ1) is 17.7. The fraction of sp³-hybridized carbons (Fsp3) is 0.471. The molecule has 25 heavy (non-hydrogen) atoms. The minimum Gasteiger partial charge on any atom is -0.458 e. The van der Waals surface area contributed by atoms with Crippen LogP contribution in [0.3, 0.4) is 0 Å². The number of carbonyl (C=O) groups is 1. The molecule has 2 N–H and O–H groups in total. The number of hydrogen-bond donors (Lipinski definition) is 2. The van der Waals surface area contributed by atoms with Gasteiger partial charge in [-0.2, -0.15) is 0 Å². The lowest BCUT2D eigenvalue weighted by Gasteiger charge is -2.35. The van der Waals surface area contributed by atoms with Crippen molar-refractivity contribution >= 4 is 17.0 Å². The van der Waals surface area contributed by atoms with E-state index in [1.165, 1.54) is 6.20 Å². The molecule has 0 radical (unpaired) electrons. The number of aliphatic hydroxyl groups is 2. The maximum Gasteiger partial charge on any atom is 0.358 e. The van der Waals surface area contributed by atoms with Crippen LogP contribution in [0.5, 0.6) is 0 Å². The second-order valence-electron chi connectivity index (χ2n) is 5.82. The maximum absolute atomic E-state index is 12.0. The van der Waals surface area contributed by atoms with Crippen molar-refractivity contribution in [3.05, 3.63) is 36.2 Å². The van der Waals surface area contributed by atoms with Crippen molar-refractivity contribution in [2.75, 3.05) is 13.2 Å². The number of ether oxygens (including phenoxy) is 3. The molecule has 2 aromatic rings. The lowest BCUT2D eigenvalue weighted by Crippen LogP contribution is -2.47. The molecule has 0 amide bonds. The minimum atomic E-state index is -0.927. The third kappa shape index (κ3) is 4.29. The molecule has 8 nitrogen and oxygen atoms in total. The van der Waals surface area contributed by atoms with Crippen LogP contribution in [0.1, 0.15) is 23.8 Å². The van der Waals surface area contributed by atoms with Crippen LogP contribution in [-0.4, -0.2) is 64.0 Å². The number of hydrogen-bond acceptors (Lipinski definition) is 8. The third-order valence-electron chi connectivity index (χ3n) is 3.95. The monoisotopic (exact) mass is 348 g/mol. The second-order valence-corrected chi connectivity index (χ2v) is 5.82. The van der Waals surface area contributed by atoms with Gasteiger partial charge in [0.25, 0.3) is 0 Å². The van der Waals surface area contributed by atoms with E-state index in [4.69, 9.17) is 14.2 Å². The molecule has 0 bridgehead atoms. The fourth-order valence-electron chi connectivity index (χ4n) is 2.58. The first-order valence-corrected chi connectivity index (χ1v) is 8.06. The van der Waals surface area contributed by atoms with Gasteiger partial charge in [-0.3, -0.25) is 4.98 Å². The SMILES string of the molecule is C[C@H]1O[C@@H](OCCOC(=O)c2cnc3ccccc3n2)C[C@@H](O)[C@@H]1O. The average Bonchev–Trinajstić information content (AvgIpc) is 2.62. The summed E-state index contributed by atoms with van der Waals surface area (Å²) in [4.78, 5) is 20.4. The Morgan fingerprint density at radius 2 is 2.04 bits per heavy atom. The van der Waals surface area contributed by atoms with E-state index in [2.05, 4.69) is 9.97 Å². The summed E-state index contributed by atoms with van der Waals surface area (Å²) < 4.78 is 15.9. The molecule has 1 aromatic heterocycles. The van der Waals surface area contributed by atoms with Gasteiger partial charge in [0.1, 0.15) is 12.7 Å². The molecule has 1 aromatic carbocycles. The second kappa shape index (κ2) is 7.83. The van der Waals surface area contributed by atoms with E-state index in [0.29, 0.717) is 11.0 Å². The van der Waals surface area contributed by atoms with Crippen LogP contribution in [-0.2, 0) is 14.2 Å². The number of nitrogens with zero attached hydrogens (tertiary/aromatic N) is 2. The molecule has 0 aliphatic carbocycles. The van der Waals surface area contributed by atoms with Crippen molar-refractivity contribution in [3.8, 4) is 0 Å². The van der Waals surface area contributed by atoms with Crippen LogP contribution in [0.15, 0.2) is 30.5 Å². The molecule has 0 spiro atoms. The molecular weight excluding hydrogens is 328 g/mol. The van der Waals surface area contributed by atoms with Gasteiger partial charge < -0.3 is 24.4 Å². The maximum atomic E-state index is 12.0. The molecule has 1 fully saturated rings. The molecule has 134 valence electrons. The molecule has 0 unspecified atom stereocenters.